The van der Waals surface area contributed by atoms with Gasteiger partial charge in [-0.3, -0.25) is 9.59 Å². The van der Waals surface area contributed by atoms with Gasteiger partial charge < -0.3 is 14.6 Å². The Morgan fingerprint density at radius 1 is 1.41 bits per heavy atom. The fourth-order valence-corrected chi connectivity index (χ4v) is 4.12. The number of hydrogen-bond acceptors (Lipinski definition) is 7. The maximum atomic E-state index is 12.4. The Bertz CT molecular complexity index is 492. The fourth-order valence-electron chi connectivity index (χ4n) is 4.12. The first-order valence-corrected chi connectivity index (χ1v) is 7.67. The molecule has 1 aliphatic carbocycles. The highest BCUT2D eigenvalue weighted by molar-refractivity contribution is 5.84. The third-order valence-electron chi connectivity index (χ3n) is 5.39. The first-order chi connectivity index (χ1) is 10.3. The average molecular weight is 314 g/mol. The van der Waals surface area contributed by atoms with Gasteiger partial charge in [-0.15, -0.1) is 0 Å². The Hall–Kier alpha value is -1.02. The van der Waals surface area contributed by atoms with Gasteiger partial charge in [-0.2, -0.15) is 0 Å². The van der Waals surface area contributed by atoms with Crippen molar-refractivity contribution in [2.75, 3.05) is 7.11 Å². The number of methoxy groups -OCH3 is 1. The van der Waals surface area contributed by atoms with Gasteiger partial charge in [-0.25, -0.2) is 9.78 Å². The predicted molar refractivity (Wildman–Crippen MR) is 72.0 cm³/mol. The van der Waals surface area contributed by atoms with Gasteiger partial charge in [-0.1, -0.05) is 6.92 Å². The van der Waals surface area contributed by atoms with E-state index in [1.54, 1.807) is 13.8 Å². The van der Waals surface area contributed by atoms with Crippen LogP contribution in [0.1, 0.15) is 39.5 Å². The number of rotatable bonds is 2. The number of Topliss-reactive ketones (excluding diaryl/α,β-unsaturated/α-hetero) is 1. The Labute approximate surface area is 128 Å². The zero-order chi connectivity index (χ0) is 16.1. The van der Waals surface area contributed by atoms with E-state index in [1.807, 2.05) is 0 Å². The molecule has 0 amide bonds. The van der Waals surface area contributed by atoms with Crippen molar-refractivity contribution in [2.45, 2.75) is 57.2 Å². The van der Waals surface area contributed by atoms with Gasteiger partial charge in [0.2, 0.25) is 5.79 Å². The smallest absolute Gasteiger partial charge is 0.308 e. The van der Waals surface area contributed by atoms with E-state index in [0.717, 1.165) is 0 Å². The summed E-state index contributed by atoms with van der Waals surface area (Å²) in [5.41, 5.74) is -1.35. The number of aliphatic hydroxyl groups is 1. The molecule has 124 valence electrons. The average Bonchev–Trinajstić information content (AvgIpc) is 2.71. The van der Waals surface area contributed by atoms with Crippen LogP contribution in [0.4, 0.5) is 0 Å². The van der Waals surface area contributed by atoms with E-state index in [9.17, 15) is 14.7 Å². The van der Waals surface area contributed by atoms with Crippen LogP contribution in [-0.2, 0) is 28.8 Å². The second kappa shape index (κ2) is 5.26. The Morgan fingerprint density at radius 3 is 2.77 bits per heavy atom. The maximum absolute atomic E-state index is 12.4. The summed E-state index contributed by atoms with van der Waals surface area (Å²) in [5.74, 6) is -2.95. The number of hydrogen-bond donors (Lipinski definition) is 1. The molecular weight excluding hydrogens is 292 g/mol. The van der Waals surface area contributed by atoms with Crippen molar-refractivity contribution in [2.24, 2.45) is 17.8 Å². The zero-order valence-electron chi connectivity index (χ0n) is 13.0. The largest absolute Gasteiger partial charge is 0.469 e. The maximum Gasteiger partial charge on any atom is 0.308 e. The number of ether oxygens (including phenoxy) is 2. The van der Waals surface area contributed by atoms with Crippen molar-refractivity contribution in [3.8, 4) is 0 Å². The number of esters is 1. The highest BCUT2D eigenvalue weighted by Crippen LogP contribution is 2.54. The van der Waals surface area contributed by atoms with Crippen LogP contribution < -0.4 is 0 Å². The van der Waals surface area contributed by atoms with E-state index < -0.39 is 41.4 Å². The van der Waals surface area contributed by atoms with Crippen LogP contribution in [-0.4, -0.2) is 41.6 Å². The number of carbonyl (C=O) groups is 2. The molecule has 7 heteroatoms. The van der Waals surface area contributed by atoms with Crippen molar-refractivity contribution in [1.82, 2.24) is 0 Å². The third kappa shape index (κ3) is 2.11. The number of aliphatic hydroxyl groups excluding tert-OH is 1. The quantitative estimate of drug-likeness (QED) is 0.599. The topological polar surface area (TPSA) is 91.3 Å². The SMILES string of the molecule is COC(=O)[C@@H](C)[C@H]1CCC(=O)[C@H]2CCC3(C)OO[C@@]21[C@H](O)O3. The molecule has 2 bridgehead atoms. The second-order valence-corrected chi connectivity index (χ2v) is 6.64. The molecule has 3 aliphatic heterocycles. The summed E-state index contributed by atoms with van der Waals surface area (Å²) in [6.07, 6.45) is 0.399. The highest BCUT2D eigenvalue weighted by Gasteiger charge is 2.67. The number of carbonyl (C=O) groups excluding carboxylic acids is 2. The summed E-state index contributed by atoms with van der Waals surface area (Å²) < 4.78 is 10.4. The molecule has 4 aliphatic rings. The molecule has 1 spiro atoms. The summed E-state index contributed by atoms with van der Waals surface area (Å²) in [7, 11) is 1.32. The molecule has 0 radical (unpaired) electrons. The molecule has 22 heavy (non-hydrogen) atoms. The molecule has 3 heterocycles. The summed E-state index contributed by atoms with van der Waals surface area (Å²) in [4.78, 5) is 35.4. The van der Waals surface area contributed by atoms with Crippen molar-refractivity contribution in [1.29, 1.82) is 0 Å². The minimum absolute atomic E-state index is 0.0192. The van der Waals surface area contributed by atoms with Gasteiger partial charge in [-0.05, 0) is 19.8 Å². The normalized spacial score (nSPS) is 45.8. The molecule has 4 rings (SSSR count). The van der Waals surface area contributed by atoms with Crippen LogP contribution in [0.5, 0.6) is 0 Å². The van der Waals surface area contributed by atoms with E-state index in [4.69, 9.17) is 19.2 Å². The molecule has 1 unspecified atom stereocenters. The Kier molecular flexibility index (Phi) is 3.79. The Balaban J connectivity index is 2.03. The van der Waals surface area contributed by atoms with Gasteiger partial charge in [0.1, 0.15) is 5.78 Å². The van der Waals surface area contributed by atoms with Crippen molar-refractivity contribution in [3.63, 3.8) is 0 Å². The van der Waals surface area contributed by atoms with Crippen LogP contribution in [0, 0.1) is 17.8 Å². The van der Waals surface area contributed by atoms with Crippen LogP contribution in [0.15, 0.2) is 0 Å². The lowest BCUT2D eigenvalue weighted by Gasteiger charge is -2.52. The van der Waals surface area contributed by atoms with Crippen LogP contribution in [0.3, 0.4) is 0 Å². The standard InChI is InChI=1S/C15H22O7/c1-8(12(17)19-3)9-4-5-11(16)10-6-7-14(2)20-13(18)15(9,10)22-21-14/h8-10,13,18H,4-7H2,1-3H3/t8-,9+,10+,13+,14?,15+/m0/s1. The van der Waals surface area contributed by atoms with Crippen LogP contribution >= 0.6 is 0 Å². The lowest BCUT2D eigenvalue weighted by Crippen LogP contribution is -2.66. The molecule has 0 aromatic heterocycles. The van der Waals surface area contributed by atoms with Gasteiger partial charge >= 0.3 is 5.97 Å². The Morgan fingerprint density at radius 2 is 2.14 bits per heavy atom. The first kappa shape index (κ1) is 15.9. The van der Waals surface area contributed by atoms with Gasteiger partial charge in [0, 0.05) is 18.8 Å². The van der Waals surface area contributed by atoms with Gasteiger partial charge in [0.05, 0.1) is 18.9 Å². The summed E-state index contributed by atoms with van der Waals surface area (Å²) >= 11 is 0. The molecule has 3 saturated heterocycles. The van der Waals surface area contributed by atoms with Crippen LogP contribution in [0.2, 0.25) is 0 Å². The molecule has 0 aromatic carbocycles. The number of ketones is 1. The fraction of sp³-hybridized carbons (Fsp3) is 0.867. The first-order valence-electron chi connectivity index (χ1n) is 7.67. The summed E-state index contributed by atoms with van der Waals surface area (Å²) in [6, 6.07) is 0. The molecule has 6 atom stereocenters. The van der Waals surface area contributed by atoms with Crippen molar-refractivity contribution < 1.29 is 33.9 Å². The van der Waals surface area contributed by atoms with Crippen molar-refractivity contribution >= 4 is 11.8 Å². The van der Waals surface area contributed by atoms with E-state index in [0.29, 0.717) is 25.7 Å². The lowest BCUT2D eigenvalue weighted by molar-refractivity contribution is -0.551. The second-order valence-electron chi connectivity index (χ2n) is 6.64. The molecule has 4 fully saturated rings. The highest BCUT2D eigenvalue weighted by atomic mass is 17.3. The minimum Gasteiger partial charge on any atom is -0.469 e. The van der Waals surface area contributed by atoms with E-state index >= 15 is 0 Å². The van der Waals surface area contributed by atoms with Gasteiger partial charge in [0.25, 0.3) is 0 Å². The molecule has 0 aromatic rings. The third-order valence-corrected chi connectivity index (χ3v) is 5.39. The minimum atomic E-state index is -1.35. The monoisotopic (exact) mass is 314 g/mol. The van der Waals surface area contributed by atoms with E-state index in [1.165, 1.54) is 7.11 Å². The predicted octanol–water partition coefficient (Wildman–Crippen LogP) is 0.936. The summed E-state index contributed by atoms with van der Waals surface area (Å²) in [6.45, 7) is 3.39. The zero-order valence-corrected chi connectivity index (χ0v) is 13.0. The van der Waals surface area contributed by atoms with E-state index in [2.05, 4.69) is 0 Å². The van der Waals surface area contributed by atoms with Crippen molar-refractivity contribution in [3.05, 3.63) is 0 Å². The lowest BCUT2D eigenvalue weighted by atomic mass is 9.62. The number of fused-ring (bicyclic) bond motifs is 3. The molecule has 1 N–H and O–H groups in total. The molecule has 7 nitrogen and oxygen atoms in total. The molecular formula is C15H22O7. The molecule has 1 saturated carbocycles. The summed E-state index contributed by atoms with van der Waals surface area (Å²) in [5, 5.41) is 10.6. The van der Waals surface area contributed by atoms with E-state index in [-0.39, 0.29) is 5.78 Å². The van der Waals surface area contributed by atoms with Gasteiger partial charge in [0.15, 0.2) is 11.9 Å². The van der Waals surface area contributed by atoms with Crippen LogP contribution in [0.25, 0.3) is 0 Å².